The molecule has 1 aliphatic carbocycles. The second kappa shape index (κ2) is 6.74. The van der Waals surface area contributed by atoms with Crippen molar-refractivity contribution in [2.45, 2.75) is 36.4 Å². The van der Waals surface area contributed by atoms with E-state index in [1.165, 1.54) is 30.4 Å². The zero-order valence-corrected chi connectivity index (χ0v) is 13.6. The van der Waals surface area contributed by atoms with Crippen molar-refractivity contribution >= 4 is 15.9 Å². The molecule has 3 rings (SSSR count). The number of hydrogen-bond donors (Lipinski definition) is 0. The fourth-order valence-corrected chi connectivity index (χ4v) is 4.06. The predicted molar refractivity (Wildman–Crippen MR) is 89.3 cm³/mol. The Morgan fingerprint density at radius 2 is 1.67 bits per heavy atom. The molecule has 0 saturated heterocycles. The lowest BCUT2D eigenvalue weighted by Crippen LogP contribution is -2.26. The van der Waals surface area contributed by atoms with Gasteiger partial charge in [0, 0.05) is 4.83 Å². The first kappa shape index (κ1) is 14.8. The van der Waals surface area contributed by atoms with Crippen LogP contribution in [0.15, 0.2) is 54.6 Å². The van der Waals surface area contributed by atoms with E-state index in [2.05, 4.69) is 46.3 Å². The molecule has 0 aliphatic heterocycles. The van der Waals surface area contributed by atoms with Crippen LogP contribution in [0.4, 0.5) is 4.39 Å². The van der Waals surface area contributed by atoms with Gasteiger partial charge in [-0.1, -0.05) is 58.4 Å². The van der Waals surface area contributed by atoms with Crippen LogP contribution in [-0.2, 0) is 6.42 Å². The Labute approximate surface area is 134 Å². The Kier molecular flexibility index (Phi) is 4.74. The predicted octanol–water partition coefficient (Wildman–Crippen LogP) is 5.72. The molecule has 0 N–H and O–H groups in total. The number of hydrogen-bond acceptors (Lipinski definition) is 0. The van der Waals surface area contributed by atoms with Gasteiger partial charge in [0.2, 0.25) is 0 Å². The number of rotatable bonds is 3. The molecular weight excluding hydrogens is 327 g/mol. The molecule has 2 aromatic rings. The van der Waals surface area contributed by atoms with Crippen molar-refractivity contribution in [3.63, 3.8) is 0 Å². The van der Waals surface area contributed by atoms with Gasteiger partial charge >= 0.3 is 0 Å². The first-order chi connectivity index (χ1) is 10.2. The molecule has 2 heteroatoms. The molecule has 2 aromatic carbocycles. The quantitative estimate of drug-likeness (QED) is 0.624. The second-order valence-electron chi connectivity index (χ2n) is 6.03. The molecule has 3 atom stereocenters. The van der Waals surface area contributed by atoms with E-state index < -0.39 is 0 Å². The summed E-state index contributed by atoms with van der Waals surface area (Å²) in [6, 6.07) is 17.8. The maximum Gasteiger partial charge on any atom is 0.123 e. The van der Waals surface area contributed by atoms with Crippen molar-refractivity contribution in [1.29, 1.82) is 0 Å². The molecule has 0 aromatic heterocycles. The first-order valence-corrected chi connectivity index (χ1v) is 8.57. The van der Waals surface area contributed by atoms with E-state index in [4.69, 9.17) is 0 Å². The highest BCUT2D eigenvalue weighted by Crippen LogP contribution is 2.40. The smallest absolute Gasteiger partial charge is 0.123 e. The summed E-state index contributed by atoms with van der Waals surface area (Å²) in [5.74, 6) is 1.12. The summed E-state index contributed by atoms with van der Waals surface area (Å²) in [4.78, 5) is 0.572. The molecule has 0 spiro atoms. The van der Waals surface area contributed by atoms with Crippen LogP contribution in [0.2, 0.25) is 0 Å². The number of benzene rings is 2. The van der Waals surface area contributed by atoms with Crippen LogP contribution < -0.4 is 0 Å². The molecule has 1 fully saturated rings. The molecule has 3 unspecified atom stereocenters. The first-order valence-electron chi connectivity index (χ1n) is 7.66. The van der Waals surface area contributed by atoms with Crippen LogP contribution in [-0.4, -0.2) is 4.83 Å². The van der Waals surface area contributed by atoms with Gasteiger partial charge in [0.15, 0.2) is 0 Å². The molecule has 1 saturated carbocycles. The zero-order chi connectivity index (χ0) is 14.7. The molecule has 0 bridgehead atoms. The average molecular weight is 347 g/mol. The Morgan fingerprint density at radius 3 is 2.38 bits per heavy atom. The Morgan fingerprint density at radius 1 is 0.952 bits per heavy atom. The highest BCUT2D eigenvalue weighted by Gasteiger charge is 2.29. The molecule has 0 radical (unpaired) electrons. The van der Waals surface area contributed by atoms with Gasteiger partial charge in [-0.2, -0.15) is 0 Å². The largest absolute Gasteiger partial charge is 0.207 e. The van der Waals surface area contributed by atoms with E-state index in [1.54, 1.807) is 12.1 Å². The molecule has 1 aliphatic rings. The van der Waals surface area contributed by atoms with E-state index in [0.29, 0.717) is 16.7 Å². The standard InChI is InChI=1S/C19H20BrF/c20-19-11-8-16(15-4-2-1-3-5-15)13-17(19)12-14-6-9-18(21)10-7-14/h1-7,9-10,16-17,19H,8,11-13H2. The Bertz CT molecular complexity index is 564. The van der Waals surface area contributed by atoms with E-state index in [1.807, 2.05) is 12.1 Å². The minimum atomic E-state index is -0.153. The lowest BCUT2D eigenvalue weighted by Gasteiger charge is -2.33. The van der Waals surface area contributed by atoms with Crippen molar-refractivity contribution in [2.24, 2.45) is 5.92 Å². The van der Waals surface area contributed by atoms with E-state index >= 15 is 0 Å². The Balaban J connectivity index is 1.70. The van der Waals surface area contributed by atoms with Gasteiger partial charge in [0.1, 0.15) is 5.82 Å². The van der Waals surface area contributed by atoms with Crippen molar-refractivity contribution in [3.05, 3.63) is 71.5 Å². The fourth-order valence-electron chi connectivity index (χ4n) is 3.39. The maximum absolute atomic E-state index is 13.0. The monoisotopic (exact) mass is 346 g/mol. The van der Waals surface area contributed by atoms with Crippen LogP contribution in [0.3, 0.4) is 0 Å². The van der Waals surface area contributed by atoms with Crippen LogP contribution in [0.5, 0.6) is 0 Å². The third-order valence-corrected chi connectivity index (χ3v) is 5.78. The van der Waals surface area contributed by atoms with Gasteiger partial charge in [0.25, 0.3) is 0 Å². The van der Waals surface area contributed by atoms with Gasteiger partial charge in [-0.3, -0.25) is 0 Å². The normalized spacial score (nSPS) is 25.7. The van der Waals surface area contributed by atoms with Gasteiger partial charge in [-0.15, -0.1) is 0 Å². The summed E-state index contributed by atoms with van der Waals surface area (Å²) < 4.78 is 13.0. The van der Waals surface area contributed by atoms with Gasteiger partial charge in [-0.25, -0.2) is 4.39 Å². The summed E-state index contributed by atoms with van der Waals surface area (Å²) in [5, 5.41) is 0. The molecule has 0 heterocycles. The third-order valence-electron chi connectivity index (χ3n) is 4.57. The molecule has 0 nitrogen and oxygen atoms in total. The van der Waals surface area contributed by atoms with Crippen molar-refractivity contribution in [1.82, 2.24) is 0 Å². The van der Waals surface area contributed by atoms with Crippen LogP contribution in [0, 0.1) is 11.7 Å². The summed E-state index contributed by atoms with van der Waals surface area (Å²) in [5.41, 5.74) is 2.69. The van der Waals surface area contributed by atoms with Crippen molar-refractivity contribution in [3.8, 4) is 0 Å². The maximum atomic E-state index is 13.0. The van der Waals surface area contributed by atoms with E-state index in [9.17, 15) is 4.39 Å². The van der Waals surface area contributed by atoms with Crippen LogP contribution in [0.25, 0.3) is 0 Å². The summed E-state index contributed by atoms with van der Waals surface area (Å²) in [6.45, 7) is 0. The highest BCUT2D eigenvalue weighted by atomic mass is 79.9. The topological polar surface area (TPSA) is 0 Å². The molecule has 21 heavy (non-hydrogen) atoms. The Hall–Kier alpha value is -1.15. The van der Waals surface area contributed by atoms with Crippen molar-refractivity contribution in [2.75, 3.05) is 0 Å². The van der Waals surface area contributed by atoms with Crippen LogP contribution >= 0.6 is 15.9 Å². The fraction of sp³-hybridized carbons (Fsp3) is 0.368. The third kappa shape index (κ3) is 3.74. The number of alkyl halides is 1. The highest BCUT2D eigenvalue weighted by molar-refractivity contribution is 9.09. The summed E-state index contributed by atoms with van der Waals surface area (Å²) >= 11 is 3.85. The molecule has 0 amide bonds. The van der Waals surface area contributed by atoms with Gasteiger partial charge < -0.3 is 0 Å². The van der Waals surface area contributed by atoms with E-state index in [0.717, 1.165) is 6.42 Å². The van der Waals surface area contributed by atoms with E-state index in [-0.39, 0.29) is 5.82 Å². The lowest BCUT2D eigenvalue weighted by atomic mass is 9.76. The lowest BCUT2D eigenvalue weighted by molar-refractivity contribution is 0.335. The summed E-state index contributed by atoms with van der Waals surface area (Å²) in [7, 11) is 0. The SMILES string of the molecule is Fc1ccc(CC2CC(c3ccccc3)CCC2Br)cc1. The number of halogens is 2. The minimum absolute atomic E-state index is 0.153. The van der Waals surface area contributed by atoms with Crippen LogP contribution in [0.1, 0.15) is 36.3 Å². The van der Waals surface area contributed by atoms with Gasteiger partial charge in [-0.05, 0) is 60.8 Å². The van der Waals surface area contributed by atoms with Gasteiger partial charge in [0.05, 0.1) is 0 Å². The zero-order valence-electron chi connectivity index (χ0n) is 12.0. The summed E-state index contributed by atoms with van der Waals surface area (Å²) in [6.07, 6.45) is 4.70. The minimum Gasteiger partial charge on any atom is -0.207 e. The average Bonchev–Trinajstić information content (AvgIpc) is 2.52. The molecule has 110 valence electrons. The second-order valence-corrected chi connectivity index (χ2v) is 7.20. The molecular formula is C19H20BrF. The van der Waals surface area contributed by atoms with Crippen molar-refractivity contribution < 1.29 is 4.39 Å².